The number of benzene rings is 2. The van der Waals surface area contributed by atoms with Crippen LogP contribution in [0.5, 0.6) is 5.75 Å². The molecule has 0 aliphatic heterocycles. The van der Waals surface area contributed by atoms with Gasteiger partial charge in [-0.1, -0.05) is 18.2 Å². The van der Waals surface area contributed by atoms with E-state index in [4.69, 9.17) is 9.47 Å². The quantitative estimate of drug-likeness (QED) is 0.682. The van der Waals surface area contributed by atoms with E-state index >= 15 is 0 Å². The predicted octanol–water partition coefficient (Wildman–Crippen LogP) is 3.21. The molecule has 2 aromatic rings. The van der Waals surface area contributed by atoms with Gasteiger partial charge in [-0.15, -0.1) is 0 Å². The minimum absolute atomic E-state index is 0.0279. The fraction of sp³-hybridized carbons (Fsp3) is 0.286. The Morgan fingerprint density at radius 1 is 0.893 bits per heavy atom. The lowest BCUT2D eigenvalue weighted by molar-refractivity contribution is -0.147. The van der Waals surface area contributed by atoms with E-state index in [2.05, 4.69) is 10.6 Å². The van der Waals surface area contributed by atoms with Gasteiger partial charge in [-0.3, -0.25) is 14.4 Å². The molecule has 0 bridgehead atoms. The zero-order valence-corrected chi connectivity index (χ0v) is 16.2. The molecule has 7 heteroatoms. The first-order valence-electron chi connectivity index (χ1n) is 8.84. The maximum Gasteiger partial charge on any atom is 0.306 e. The van der Waals surface area contributed by atoms with Crippen LogP contribution in [-0.2, 0) is 19.1 Å². The molecule has 0 aromatic heterocycles. The average Bonchev–Trinajstić information content (AvgIpc) is 2.68. The second kappa shape index (κ2) is 10.1. The fourth-order valence-electron chi connectivity index (χ4n) is 2.41. The van der Waals surface area contributed by atoms with E-state index in [0.717, 1.165) is 11.1 Å². The lowest BCUT2D eigenvalue weighted by atomic mass is 10.1. The van der Waals surface area contributed by atoms with Crippen LogP contribution >= 0.6 is 0 Å². The van der Waals surface area contributed by atoms with E-state index in [1.807, 2.05) is 26.0 Å². The molecule has 0 aliphatic carbocycles. The van der Waals surface area contributed by atoms with Crippen molar-refractivity contribution in [2.45, 2.75) is 26.7 Å². The van der Waals surface area contributed by atoms with Gasteiger partial charge in [-0.25, -0.2) is 0 Å². The van der Waals surface area contributed by atoms with Gasteiger partial charge in [0.25, 0.3) is 5.91 Å². The van der Waals surface area contributed by atoms with Crippen LogP contribution in [0.2, 0.25) is 0 Å². The van der Waals surface area contributed by atoms with Crippen molar-refractivity contribution in [2.24, 2.45) is 0 Å². The summed E-state index contributed by atoms with van der Waals surface area (Å²) < 4.78 is 10.0. The molecule has 0 saturated carbocycles. The van der Waals surface area contributed by atoms with Crippen LogP contribution in [0.25, 0.3) is 0 Å². The number of aryl methyl sites for hydroxylation is 2. The van der Waals surface area contributed by atoms with Gasteiger partial charge in [0.1, 0.15) is 5.75 Å². The first kappa shape index (κ1) is 21.0. The molecule has 0 aliphatic rings. The first-order chi connectivity index (χ1) is 13.4. The van der Waals surface area contributed by atoms with Crippen molar-refractivity contribution in [2.75, 3.05) is 24.4 Å². The third kappa shape index (κ3) is 6.42. The largest absolute Gasteiger partial charge is 0.495 e. The summed E-state index contributed by atoms with van der Waals surface area (Å²) in [6.45, 7) is 3.51. The Morgan fingerprint density at radius 2 is 1.64 bits per heavy atom. The summed E-state index contributed by atoms with van der Waals surface area (Å²) >= 11 is 0. The number of para-hydroxylation sites is 2. The van der Waals surface area contributed by atoms with Gasteiger partial charge in [-0.2, -0.15) is 0 Å². The van der Waals surface area contributed by atoms with Crippen LogP contribution < -0.4 is 15.4 Å². The van der Waals surface area contributed by atoms with Crippen molar-refractivity contribution in [3.8, 4) is 5.75 Å². The lowest BCUT2D eigenvalue weighted by Crippen LogP contribution is -2.22. The molecule has 0 atom stereocenters. The van der Waals surface area contributed by atoms with Gasteiger partial charge in [-0.05, 0) is 49.2 Å². The summed E-state index contributed by atoms with van der Waals surface area (Å²) in [5, 5.41) is 5.34. The highest BCUT2D eigenvalue weighted by Gasteiger charge is 2.12. The number of esters is 1. The third-order valence-corrected chi connectivity index (χ3v) is 4.09. The maximum absolute atomic E-state index is 12.0. The highest BCUT2D eigenvalue weighted by atomic mass is 16.5. The summed E-state index contributed by atoms with van der Waals surface area (Å²) in [6.07, 6.45) is -0.140. The Morgan fingerprint density at radius 3 is 2.36 bits per heavy atom. The molecule has 0 saturated heterocycles. The number of ether oxygens (including phenoxy) is 2. The Bertz CT molecular complexity index is 864. The number of nitrogens with one attached hydrogen (secondary N) is 2. The van der Waals surface area contributed by atoms with Crippen molar-refractivity contribution in [3.63, 3.8) is 0 Å². The molecule has 0 unspecified atom stereocenters. The molecule has 2 aromatic carbocycles. The van der Waals surface area contributed by atoms with Crippen molar-refractivity contribution >= 4 is 29.2 Å². The van der Waals surface area contributed by atoms with Gasteiger partial charge in [0.2, 0.25) is 5.91 Å². The molecule has 28 heavy (non-hydrogen) atoms. The topological polar surface area (TPSA) is 93.7 Å². The summed E-state index contributed by atoms with van der Waals surface area (Å²) in [4.78, 5) is 35.6. The Hall–Kier alpha value is -3.35. The molecule has 7 nitrogen and oxygen atoms in total. The standard InChI is InChI=1S/C21H24N2O5/c1-14-8-9-16(12-15(14)2)22-19(24)10-11-21(26)28-13-20(25)23-17-6-4-5-7-18(17)27-3/h4-9,12H,10-11,13H2,1-3H3,(H,22,24)(H,23,25). The van der Waals surface area contributed by atoms with Gasteiger partial charge in [0.05, 0.1) is 19.2 Å². The summed E-state index contributed by atoms with van der Waals surface area (Å²) in [5.74, 6) is -0.897. The third-order valence-electron chi connectivity index (χ3n) is 4.09. The monoisotopic (exact) mass is 384 g/mol. The summed E-state index contributed by atoms with van der Waals surface area (Å²) in [6, 6.07) is 12.5. The van der Waals surface area contributed by atoms with Crippen LogP contribution in [0.1, 0.15) is 24.0 Å². The van der Waals surface area contributed by atoms with Gasteiger partial charge < -0.3 is 20.1 Å². The van der Waals surface area contributed by atoms with E-state index in [9.17, 15) is 14.4 Å². The van der Waals surface area contributed by atoms with Crippen LogP contribution in [0.4, 0.5) is 11.4 Å². The van der Waals surface area contributed by atoms with Crippen molar-refractivity contribution in [1.29, 1.82) is 0 Å². The minimum Gasteiger partial charge on any atom is -0.495 e. The number of hydrogen-bond donors (Lipinski definition) is 2. The van der Waals surface area contributed by atoms with E-state index in [0.29, 0.717) is 17.1 Å². The maximum atomic E-state index is 12.0. The zero-order valence-electron chi connectivity index (χ0n) is 16.2. The van der Waals surface area contributed by atoms with Crippen LogP contribution in [-0.4, -0.2) is 31.5 Å². The Labute approximate surface area is 164 Å². The SMILES string of the molecule is COc1ccccc1NC(=O)COC(=O)CCC(=O)Nc1ccc(C)c(C)c1. The average molecular weight is 384 g/mol. The van der Waals surface area contributed by atoms with Crippen molar-refractivity contribution in [1.82, 2.24) is 0 Å². The molecule has 0 spiro atoms. The number of carbonyl (C=O) groups is 3. The normalized spacial score (nSPS) is 10.1. The molecule has 2 N–H and O–H groups in total. The second-order valence-corrected chi connectivity index (χ2v) is 6.26. The zero-order chi connectivity index (χ0) is 20.5. The smallest absolute Gasteiger partial charge is 0.306 e. The van der Waals surface area contributed by atoms with E-state index in [-0.39, 0.29) is 18.7 Å². The number of carbonyl (C=O) groups excluding carboxylic acids is 3. The fourth-order valence-corrected chi connectivity index (χ4v) is 2.41. The summed E-state index contributed by atoms with van der Waals surface area (Å²) in [7, 11) is 1.49. The number of rotatable bonds is 8. The van der Waals surface area contributed by atoms with Crippen molar-refractivity contribution < 1.29 is 23.9 Å². The van der Waals surface area contributed by atoms with Gasteiger partial charge >= 0.3 is 5.97 Å². The molecule has 2 rings (SSSR count). The van der Waals surface area contributed by atoms with E-state index in [1.54, 1.807) is 30.3 Å². The molecule has 0 radical (unpaired) electrons. The number of methoxy groups -OCH3 is 1. The highest BCUT2D eigenvalue weighted by molar-refractivity contribution is 5.95. The minimum atomic E-state index is -0.620. The number of amides is 2. The Balaban J connectivity index is 1.72. The molecule has 2 amide bonds. The molecular weight excluding hydrogens is 360 g/mol. The van der Waals surface area contributed by atoms with E-state index in [1.165, 1.54) is 7.11 Å². The molecule has 148 valence electrons. The van der Waals surface area contributed by atoms with Gasteiger partial charge in [0.15, 0.2) is 6.61 Å². The molecule has 0 fully saturated rings. The molecular formula is C21H24N2O5. The lowest BCUT2D eigenvalue weighted by Gasteiger charge is -2.10. The van der Waals surface area contributed by atoms with Crippen molar-refractivity contribution in [3.05, 3.63) is 53.6 Å². The first-order valence-corrected chi connectivity index (χ1v) is 8.84. The van der Waals surface area contributed by atoms with Crippen LogP contribution in [0, 0.1) is 13.8 Å². The number of hydrogen-bond acceptors (Lipinski definition) is 5. The predicted molar refractivity (Wildman–Crippen MR) is 106 cm³/mol. The van der Waals surface area contributed by atoms with Crippen LogP contribution in [0.15, 0.2) is 42.5 Å². The summed E-state index contributed by atoms with van der Waals surface area (Å²) in [5.41, 5.74) is 3.36. The highest BCUT2D eigenvalue weighted by Crippen LogP contribution is 2.22. The van der Waals surface area contributed by atoms with Crippen LogP contribution in [0.3, 0.4) is 0 Å². The Kier molecular flexibility index (Phi) is 7.56. The second-order valence-electron chi connectivity index (χ2n) is 6.26. The van der Waals surface area contributed by atoms with E-state index < -0.39 is 18.5 Å². The molecule has 0 heterocycles. The van der Waals surface area contributed by atoms with Gasteiger partial charge in [0, 0.05) is 12.1 Å². The number of anilines is 2.